The Balaban J connectivity index is 1.26. The highest BCUT2D eigenvalue weighted by molar-refractivity contribution is 7.89. The molecular weight excluding hydrogens is 468 g/mol. The van der Waals surface area contributed by atoms with Crippen molar-refractivity contribution < 1.29 is 18.0 Å². The maximum Gasteiger partial charge on any atom is 0.251 e. The highest BCUT2D eigenvalue weighted by Gasteiger charge is 2.23. The van der Waals surface area contributed by atoms with Gasteiger partial charge in [0.1, 0.15) is 5.69 Å². The van der Waals surface area contributed by atoms with Crippen molar-refractivity contribution in [1.29, 1.82) is 0 Å². The van der Waals surface area contributed by atoms with Gasteiger partial charge in [-0.15, -0.1) is 5.10 Å². The quantitative estimate of drug-likeness (QED) is 0.480. The van der Waals surface area contributed by atoms with Crippen LogP contribution in [0.2, 0.25) is 0 Å². The number of rotatable bonds is 7. The number of carbonyl (C=O) groups is 2. The number of nitrogens with two attached hydrogens (primary N) is 1. The molecule has 182 valence electrons. The van der Waals surface area contributed by atoms with E-state index < -0.39 is 10.0 Å². The number of piperidine rings is 1. The molecule has 2 aromatic carbocycles. The number of benzene rings is 2. The van der Waals surface area contributed by atoms with Crippen LogP contribution in [-0.2, 0) is 21.4 Å². The Morgan fingerprint density at radius 1 is 1.06 bits per heavy atom. The van der Waals surface area contributed by atoms with Crippen molar-refractivity contribution in [1.82, 2.24) is 25.2 Å². The summed E-state index contributed by atoms with van der Waals surface area (Å²) in [7, 11) is -3.81. The van der Waals surface area contributed by atoms with Gasteiger partial charge in [-0.05, 0) is 48.7 Å². The van der Waals surface area contributed by atoms with E-state index in [4.69, 9.17) is 5.14 Å². The number of likely N-dealkylation sites (tertiary alicyclic amines) is 1. The average Bonchev–Trinajstić information content (AvgIpc) is 3.35. The monoisotopic (exact) mass is 494 g/mol. The Kier molecular flexibility index (Phi) is 7.37. The summed E-state index contributed by atoms with van der Waals surface area (Å²) in [5.41, 5.74) is 1.89. The molecule has 1 aliphatic rings. The summed E-state index contributed by atoms with van der Waals surface area (Å²) in [5.74, 6) is -0.373. The Morgan fingerprint density at radius 3 is 2.40 bits per heavy atom. The first kappa shape index (κ1) is 24.3. The molecule has 0 unspecified atom stereocenters. The van der Waals surface area contributed by atoms with Gasteiger partial charge in [0, 0.05) is 24.7 Å². The van der Waals surface area contributed by atoms with E-state index in [1.54, 1.807) is 17.0 Å². The molecule has 1 saturated heterocycles. The van der Waals surface area contributed by atoms with E-state index >= 15 is 0 Å². The van der Waals surface area contributed by atoms with Gasteiger partial charge in [-0.2, -0.15) is 0 Å². The molecule has 1 aliphatic heterocycles. The highest BCUT2D eigenvalue weighted by Crippen LogP contribution is 2.22. The molecule has 1 aromatic heterocycles. The van der Waals surface area contributed by atoms with Gasteiger partial charge in [0.2, 0.25) is 15.9 Å². The second-order valence-electron chi connectivity index (χ2n) is 8.24. The fourth-order valence-corrected chi connectivity index (χ4v) is 4.35. The number of nitrogens with one attached hydrogen (secondary N) is 1. The molecule has 3 aromatic rings. The molecule has 0 atom stereocenters. The molecule has 0 radical (unpaired) electrons. The van der Waals surface area contributed by atoms with E-state index in [9.17, 15) is 18.0 Å². The molecule has 0 aliphatic carbocycles. The van der Waals surface area contributed by atoms with E-state index in [2.05, 4.69) is 15.6 Å². The highest BCUT2D eigenvalue weighted by atomic mass is 32.2. The van der Waals surface area contributed by atoms with E-state index in [-0.39, 0.29) is 29.3 Å². The largest absolute Gasteiger partial charge is 0.346 e. The van der Waals surface area contributed by atoms with Crippen LogP contribution in [0.1, 0.15) is 40.5 Å². The van der Waals surface area contributed by atoms with Crippen molar-refractivity contribution in [2.45, 2.75) is 30.3 Å². The molecular formula is C24H26N6O4S. The van der Waals surface area contributed by atoms with E-state index in [0.717, 1.165) is 18.4 Å². The predicted octanol–water partition coefficient (Wildman–Crippen LogP) is 1.73. The molecule has 2 amide bonds. The molecule has 10 nitrogen and oxygen atoms in total. The van der Waals surface area contributed by atoms with Crippen molar-refractivity contribution in [2.75, 3.05) is 13.1 Å². The summed E-state index contributed by atoms with van der Waals surface area (Å²) in [4.78, 5) is 26.6. The number of carbonyl (C=O) groups excluding carboxylic acids is 2. The number of sulfonamides is 1. The molecule has 11 heteroatoms. The maximum atomic E-state index is 12.5. The summed E-state index contributed by atoms with van der Waals surface area (Å²) in [6.07, 6.45) is 6.74. The summed E-state index contributed by atoms with van der Waals surface area (Å²) in [6, 6.07) is 15.2. The Bertz CT molecular complexity index is 1310. The smallest absolute Gasteiger partial charge is 0.251 e. The molecule has 0 bridgehead atoms. The minimum atomic E-state index is -3.81. The van der Waals surface area contributed by atoms with E-state index in [1.165, 1.54) is 24.3 Å². The second-order valence-corrected chi connectivity index (χ2v) is 9.80. The lowest BCUT2D eigenvalue weighted by atomic mass is 10.1. The zero-order valence-electron chi connectivity index (χ0n) is 18.9. The zero-order valence-corrected chi connectivity index (χ0v) is 19.8. The summed E-state index contributed by atoms with van der Waals surface area (Å²) in [6.45, 7) is 1.43. The molecule has 3 N–H and O–H groups in total. The third kappa shape index (κ3) is 6.40. The van der Waals surface area contributed by atoms with Gasteiger partial charge in [-0.25, -0.2) is 18.2 Å². The minimum absolute atomic E-state index is 0.00797. The third-order valence-electron chi connectivity index (χ3n) is 5.80. The average molecular weight is 495 g/mol. The van der Waals surface area contributed by atoms with Crippen LogP contribution in [0.4, 0.5) is 0 Å². The molecule has 2 heterocycles. The van der Waals surface area contributed by atoms with Crippen LogP contribution in [0, 0.1) is 0 Å². The van der Waals surface area contributed by atoms with Crippen LogP contribution in [0.3, 0.4) is 0 Å². The van der Waals surface area contributed by atoms with Gasteiger partial charge in [-0.3, -0.25) is 9.59 Å². The fourth-order valence-electron chi connectivity index (χ4n) is 3.83. The van der Waals surface area contributed by atoms with Crippen LogP contribution in [0.15, 0.2) is 71.8 Å². The maximum absolute atomic E-state index is 12.5. The number of primary sulfonamides is 1. The van der Waals surface area contributed by atoms with Crippen molar-refractivity contribution in [3.63, 3.8) is 0 Å². The van der Waals surface area contributed by atoms with Gasteiger partial charge in [-0.1, -0.05) is 35.5 Å². The lowest BCUT2D eigenvalue weighted by Crippen LogP contribution is -2.38. The molecule has 4 rings (SSSR count). The Hall–Kier alpha value is -3.83. The number of nitrogens with zero attached hydrogens (tertiary/aromatic N) is 4. The lowest BCUT2D eigenvalue weighted by molar-refractivity contribution is -0.127. The number of aromatic nitrogens is 3. The van der Waals surface area contributed by atoms with Gasteiger partial charge >= 0.3 is 0 Å². The first-order valence-electron chi connectivity index (χ1n) is 11.1. The number of hydrogen-bond donors (Lipinski definition) is 2. The lowest BCUT2D eigenvalue weighted by Gasteiger charge is -2.31. The van der Waals surface area contributed by atoms with E-state index in [1.807, 2.05) is 41.3 Å². The van der Waals surface area contributed by atoms with Gasteiger partial charge in [0.05, 0.1) is 23.7 Å². The third-order valence-corrected chi connectivity index (χ3v) is 6.73. The van der Waals surface area contributed by atoms with Crippen molar-refractivity contribution >= 4 is 27.9 Å². The zero-order chi connectivity index (χ0) is 24.8. The summed E-state index contributed by atoms with van der Waals surface area (Å²) < 4.78 is 24.4. The standard InChI is InChI=1S/C24H26N6O4S/c25-35(33,34)22-9-7-19(8-10-22)24(32)26-16-20-17-30(28-27-20)21-12-14-29(15-13-21)23(31)11-6-18-4-2-1-3-5-18/h1-11,17,21H,12-16H2,(H,26,32)(H2,25,33,34). The van der Waals surface area contributed by atoms with Crippen LogP contribution in [0.5, 0.6) is 0 Å². The van der Waals surface area contributed by atoms with Crippen LogP contribution >= 0.6 is 0 Å². The SMILES string of the molecule is NS(=O)(=O)c1ccc(C(=O)NCc2cn(C3CCN(C(=O)C=Cc4ccccc4)CC3)nn2)cc1. The Labute approximate surface area is 203 Å². The number of hydrogen-bond acceptors (Lipinski definition) is 6. The molecule has 1 fully saturated rings. The normalized spacial score (nSPS) is 14.8. The number of amides is 2. The van der Waals surface area contributed by atoms with Gasteiger partial charge in [0.25, 0.3) is 5.91 Å². The Morgan fingerprint density at radius 2 is 1.74 bits per heavy atom. The van der Waals surface area contributed by atoms with Crippen LogP contribution in [-0.4, -0.2) is 53.2 Å². The predicted molar refractivity (Wildman–Crippen MR) is 129 cm³/mol. The molecule has 35 heavy (non-hydrogen) atoms. The fraction of sp³-hybridized carbons (Fsp3) is 0.250. The van der Waals surface area contributed by atoms with Gasteiger partial charge < -0.3 is 10.2 Å². The summed E-state index contributed by atoms with van der Waals surface area (Å²) >= 11 is 0. The molecule has 0 spiro atoms. The van der Waals surface area contributed by atoms with Crippen molar-refractivity contribution in [3.8, 4) is 0 Å². The first-order chi connectivity index (χ1) is 16.8. The van der Waals surface area contributed by atoms with E-state index in [0.29, 0.717) is 24.3 Å². The van der Waals surface area contributed by atoms with Crippen molar-refractivity contribution in [2.24, 2.45) is 5.14 Å². The van der Waals surface area contributed by atoms with Gasteiger partial charge in [0.15, 0.2) is 0 Å². The van der Waals surface area contributed by atoms with Crippen LogP contribution < -0.4 is 10.5 Å². The van der Waals surface area contributed by atoms with Crippen LogP contribution in [0.25, 0.3) is 6.08 Å². The summed E-state index contributed by atoms with van der Waals surface area (Å²) in [5, 5.41) is 16.1. The molecule has 0 saturated carbocycles. The topological polar surface area (TPSA) is 140 Å². The second kappa shape index (κ2) is 10.6. The minimum Gasteiger partial charge on any atom is -0.346 e. The first-order valence-corrected chi connectivity index (χ1v) is 12.7. The van der Waals surface area contributed by atoms with Crippen molar-refractivity contribution in [3.05, 3.63) is 83.7 Å².